The molecule has 0 bridgehead atoms. The largest absolute Gasteiger partial charge is 0.496 e. The van der Waals surface area contributed by atoms with Gasteiger partial charge in [-0.25, -0.2) is 0 Å². The fourth-order valence-corrected chi connectivity index (χ4v) is 3.70. The SMILES string of the molecule is COc1cc(CC(=O)N2CCN(CC(=O)Nc3cccc(C)c3C)CC2)ccc1C. The van der Waals surface area contributed by atoms with Gasteiger partial charge in [0.25, 0.3) is 0 Å². The Balaban J connectivity index is 1.47. The lowest BCUT2D eigenvalue weighted by Crippen LogP contribution is -2.50. The zero-order valence-electron chi connectivity index (χ0n) is 18.3. The highest BCUT2D eigenvalue weighted by molar-refractivity contribution is 5.93. The number of amides is 2. The van der Waals surface area contributed by atoms with Gasteiger partial charge in [-0.1, -0.05) is 24.3 Å². The van der Waals surface area contributed by atoms with Crippen molar-refractivity contribution in [3.63, 3.8) is 0 Å². The summed E-state index contributed by atoms with van der Waals surface area (Å²) in [6.45, 7) is 9.04. The molecule has 0 radical (unpaired) electrons. The molecular weight excluding hydrogens is 378 g/mol. The lowest BCUT2D eigenvalue weighted by atomic mass is 10.1. The van der Waals surface area contributed by atoms with Crippen LogP contribution in [0.4, 0.5) is 5.69 Å². The lowest BCUT2D eigenvalue weighted by Gasteiger charge is -2.34. The molecule has 1 aliphatic rings. The van der Waals surface area contributed by atoms with Gasteiger partial charge in [-0.3, -0.25) is 14.5 Å². The van der Waals surface area contributed by atoms with Crippen LogP contribution >= 0.6 is 0 Å². The van der Waals surface area contributed by atoms with Crippen molar-refractivity contribution in [1.82, 2.24) is 9.80 Å². The van der Waals surface area contributed by atoms with E-state index in [0.29, 0.717) is 39.1 Å². The Morgan fingerprint density at radius 2 is 1.73 bits per heavy atom. The summed E-state index contributed by atoms with van der Waals surface area (Å²) in [5.74, 6) is 0.899. The number of nitrogens with one attached hydrogen (secondary N) is 1. The van der Waals surface area contributed by atoms with E-state index in [4.69, 9.17) is 4.74 Å². The first kappa shape index (κ1) is 21.8. The number of nitrogens with zero attached hydrogens (tertiary/aromatic N) is 2. The molecule has 160 valence electrons. The topological polar surface area (TPSA) is 61.9 Å². The molecule has 0 atom stereocenters. The van der Waals surface area contributed by atoms with E-state index < -0.39 is 0 Å². The van der Waals surface area contributed by atoms with Crippen LogP contribution in [0.1, 0.15) is 22.3 Å². The predicted molar refractivity (Wildman–Crippen MR) is 119 cm³/mol. The minimum atomic E-state index is -0.0183. The van der Waals surface area contributed by atoms with Crippen molar-refractivity contribution in [3.8, 4) is 5.75 Å². The molecule has 3 rings (SSSR count). The van der Waals surface area contributed by atoms with Gasteiger partial charge in [0, 0.05) is 31.9 Å². The predicted octanol–water partition coefficient (Wildman–Crippen LogP) is 2.95. The van der Waals surface area contributed by atoms with Crippen LogP contribution in [0.2, 0.25) is 0 Å². The Morgan fingerprint density at radius 1 is 1.00 bits per heavy atom. The van der Waals surface area contributed by atoms with Crippen LogP contribution in [0.15, 0.2) is 36.4 Å². The van der Waals surface area contributed by atoms with E-state index in [1.807, 2.05) is 62.1 Å². The molecule has 1 aliphatic heterocycles. The second-order valence-electron chi connectivity index (χ2n) is 7.93. The number of carbonyl (C=O) groups is 2. The molecule has 1 N–H and O–H groups in total. The quantitative estimate of drug-likeness (QED) is 0.797. The number of carbonyl (C=O) groups excluding carboxylic acids is 2. The van der Waals surface area contributed by atoms with Gasteiger partial charge < -0.3 is 15.0 Å². The third-order valence-corrected chi connectivity index (χ3v) is 5.80. The summed E-state index contributed by atoms with van der Waals surface area (Å²) in [7, 11) is 1.64. The smallest absolute Gasteiger partial charge is 0.238 e. The number of methoxy groups -OCH3 is 1. The third kappa shape index (κ3) is 5.39. The van der Waals surface area contributed by atoms with E-state index in [2.05, 4.69) is 10.2 Å². The monoisotopic (exact) mass is 409 g/mol. The summed E-state index contributed by atoms with van der Waals surface area (Å²) in [5.41, 5.74) is 5.13. The van der Waals surface area contributed by atoms with Crippen LogP contribution in [-0.4, -0.2) is 61.4 Å². The molecule has 0 aromatic heterocycles. The van der Waals surface area contributed by atoms with Crippen LogP contribution in [0.3, 0.4) is 0 Å². The minimum absolute atomic E-state index is 0.0183. The fraction of sp³-hybridized carbons (Fsp3) is 0.417. The molecular formula is C24H31N3O3. The lowest BCUT2D eigenvalue weighted by molar-refractivity contribution is -0.132. The molecule has 1 heterocycles. The molecule has 1 fully saturated rings. The first-order valence-electron chi connectivity index (χ1n) is 10.4. The average Bonchev–Trinajstić information content (AvgIpc) is 2.73. The number of hydrogen-bond acceptors (Lipinski definition) is 4. The zero-order chi connectivity index (χ0) is 21.7. The summed E-state index contributed by atoms with van der Waals surface area (Å²) in [6.07, 6.45) is 0.365. The number of anilines is 1. The Hall–Kier alpha value is -2.86. The van der Waals surface area contributed by atoms with Crippen LogP contribution in [0.5, 0.6) is 5.75 Å². The molecule has 0 unspecified atom stereocenters. The van der Waals surface area contributed by atoms with Gasteiger partial charge in [0.05, 0.1) is 20.1 Å². The van der Waals surface area contributed by atoms with Gasteiger partial charge in [-0.05, 0) is 55.2 Å². The number of benzene rings is 2. The second kappa shape index (κ2) is 9.76. The maximum atomic E-state index is 12.7. The highest BCUT2D eigenvalue weighted by atomic mass is 16.5. The van der Waals surface area contributed by atoms with Crippen LogP contribution in [-0.2, 0) is 16.0 Å². The van der Waals surface area contributed by atoms with Gasteiger partial charge in [0.2, 0.25) is 11.8 Å². The Morgan fingerprint density at radius 3 is 2.43 bits per heavy atom. The molecule has 2 aromatic carbocycles. The molecule has 2 amide bonds. The van der Waals surface area contributed by atoms with Crippen molar-refractivity contribution in [1.29, 1.82) is 0 Å². The van der Waals surface area contributed by atoms with Crippen molar-refractivity contribution < 1.29 is 14.3 Å². The zero-order valence-corrected chi connectivity index (χ0v) is 18.3. The van der Waals surface area contributed by atoms with E-state index in [9.17, 15) is 9.59 Å². The van der Waals surface area contributed by atoms with Crippen LogP contribution in [0.25, 0.3) is 0 Å². The molecule has 0 saturated carbocycles. The molecule has 2 aromatic rings. The summed E-state index contributed by atoms with van der Waals surface area (Å²) in [4.78, 5) is 29.1. The van der Waals surface area contributed by atoms with Gasteiger partial charge in [-0.15, -0.1) is 0 Å². The van der Waals surface area contributed by atoms with Crippen molar-refractivity contribution in [2.75, 3.05) is 45.2 Å². The first-order chi connectivity index (χ1) is 14.4. The Kier molecular flexibility index (Phi) is 7.11. The van der Waals surface area contributed by atoms with Gasteiger partial charge in [0.1, 0.15) is 5.75 Å². The third-order valence-electron chi connectivity index (χ3n) is 5.80. The minimum Gasteiger partial charge on any atom is -0.496 e. The highest BCUT2D eigenvalue weighted by Crippen LogP contribution is 2.20. The van der Waals surface area contributed by atoms with E-state index in [1.165, 1.54) is 0 Å². The molecule has 0 aliphatic carbocycles. The maximum Gasteiger partial charge on any atom is 0.238 e. The molecule has 6 heteroatoms. The van der Waals surface area contributed by atoms with Crippen molar-refractivity contribution >= 4 is 17.5 Å². The van der Waals surface area contributed by atoms with E-state index in [0.717, 1.165) is 33.7 Å². The number of rotatable bonds is 6. The molecule has 0 spiro atoms. The number of ether oxygens (including phenoxy) is 1. The average molecular weight is 410 g/mol. The van der Waals surface area contributed by atoms with Crippen molar-refractivity contribution in [3.05, 3.63) is 58.7 Å². The second-order valence-corrected chi connectivity index (χ2v) is 7.93. The van der Waals surface area contributed by atoms with Gasteiger partial charge >= 0.3 is 0 Å². The molecule has 6 nitrogen and oxygen atoms in total. The fourth-order valence-electron chi connectivity index (χ4n) is 3.70. The van der Waals surface area contributed by atoms with E-state index in [-0.39, 0.29) is 11.8 Å². The summed E-state index contributed by atoms with van der Waals surface area (Å²) in [5, 5.41) is 3.01. The summed E-state index contributed by atoms with van der Waals surface area (Å²) in [6, 6.07) is 11.8. The van der Waals surface area contributed by atoms with Crippen LogP contribution < -0.4 is 10.1 Å². The van der Waals surface area contributed by atoms with E-state index >= 15 is 0 Å². The number of aryl methyl sites for hydroxylation is 2. The standard InChI is InChI=1S/C24H31N3O3/c1-17-6-5-7-21(19(17)3)25-23(28)16-26-10-12-27(13-11-26)24(29)15-20-9-8-18(2)22(14-20)30-4/h5-9,14H,10-13,15-16H2,1-4H3,(H,25,28). The van der Waals surface area contributed by atoms with Crippen molar-refractivity contribution in [2.24, 2.45) is 0 Å². The Labute approximate surface area is 178 Å². The molecule has 30 heavy (non-hydrogen) atoms. The van der Waals surface area contributed by atoms with E-state index in [1.54, 1.807) is 7.11 Å². The summed E-state index contributed by atoms with van der Waals surface area (Å²) < 4.78 is 5.35. The van der Waals surface area contributed by atoms with Gasteiger partial charge in [-0.2, -0.15) is 0 Å². The molecule has 1 saturated heterocycles. The highest BCUT2D eigenvalue weighted by Gasteiger charge is 2.23. The maximum absolute atomic E-state index is 12.7. The summed E-state index contributed by atoms with van der Waals surface area (Å²) >= 11 is 0. The number of piperazine rings is 1. The Bertz CT molecular complexity index is 918. The normalized spacial score (nSPS) is 14.5. The first-order valence-corrected chi connectivity index (χ1v) is 10.4. The van der Waals surface area contributed by atoms with Crippen molar-refractivity contribution in [2.45, 2.75) is 27.2 Å². The van der Waals surface area contributed by atoms with Crippen LogP contribution in [0, 0.1) is 20.8 Å². The van der Waals surface area contributed by atoms with Gasteiger partial charge in [0.15, 0.2) is 0 Å². The number of hydrogen-bond donors (Lipinski definition) is 1.